The predicted octanol–water partition coefficient (Wildman–Crippen LogP) is 3.57. The number of aromatic nitrogens is 1. The van der Waals surface area contributed by atoms with Gasteiger partial charge in [0.2, 0.25) is 0 Å². The van der Waals surface area contributed by atoms with Crippen molar-refractivity contribution in [3.63, 3.8) is 0 Å². The Morgan fingerprint density at radius 1 is 1.16 bits per heavy atom. The first-order chi connectivity index (χ1) is 11.7. The molecule has 134 valence electrons. The Kier molecular flexibility index (Phi) is 5.67. The third-order valence-electron chi connectivity index (χ3n) is 3.99. The quantitative estimate of drug-likeness (QED) is 0.903. The van der Waals surface area contributed by atoms with E-state index in [-0.39, 0.29) is 16.9 Å². The lowest BCUT2D eigenvalue weighted by Gasteiger charge is -2.20. The van der Waals surface area contributed by atoms with Gasteiger partial charge in [-0.05, 0) is 43.0 Å². The Hall–Kier alpha value is -2.56. The molecule has 0 saturated heterocycles. The Bertz CT molecular complexity index is 786. The maximum Gasteiger partial charge on any atom is 0.265 e. The minimum absolute atomic E-state index is 0.0733. The van der Waals surface area contributed by atoms with Gasteiger partial charge < -0.3 is 14.6 Å². The van der Waals surface area contributed by atoms with E-state index in [4.69, 9.17) is 4.74 Å². The monoisotopic (exact) mass is 342 g/mol. The molecule has 0 spiro atoms. The van der Waals surface area contributed by atoms with Crippen LogP contribution in [-0.2, 0) is 16.8 Å². The number of hydrogen-bond donors (Lipinski definition) is 1. The van der Waals surface area contributed by atoms with Crippen LogP contribution in [0, 0.1) is 0 Å². The van der Waals surface area contributed by atoms with Crippen LogP contribution in [0.3, 0.4) is 0 Å². The van der Waals surface area contributed by atoms with E-state index in [1.54, 1.807) is 19.2 Å². The van der Waals surface area contributed by atoms with Crippen molar-refractivity contribution < 1.29 is 9.53 Å². The highest BCUT2D eigenvalue weighted by Gasteiger charge is 2.17. The second kappa shape index (κ2) is 7.55. The number of rotatable bonds is 5. The van der Waals surface area contributed by atoms with E-state index in [1.165, 1.54) is 16.2 Å². The van der Waals surface area contributed by atoms with Crippen LogP contribution in [-0.4, -0.2) is 16.6 Å². The molecule has 1 N–H and O–H groups in total. The molecule has 1 aromatic heterocycles. The Balaban J connectivity index is 2.02. The summed E-state index contributed by atoms with van der Waals surface area (Å²) in [7, 11) is 0. The van der Waals surface area contributed by atoms with Gasteiger partial charge in [-0.25, -0.2) is 0 Å². The number of hydrogen-bond acceptors (Lipinski definition) is 3. The van der Waals surface area contributed by atoms with Crippen LogP contribution in [0.5, 0.6) is 5.75 Å². The van der Waals surface area contributed by atoms with Gasteiger partial charge in [-0.1, -0.05) is 32.9 Å². The summed E-state index contributed by atoms with van der Waals surface area (Å²) in [6.45, 7) is 10.6. The third-order valence-corrected chi connectivity index (χ3v) is 3.99. The van der Waals surface area contributed by atoms with Crippen LogP contribution in [0.25, 0.3) is 0 Å². The van der Waals surface area contributed by atoms with Crippen LogP contribution in [0.15, 0.2) is 47.4 Å². The van der Waals surface area contributed by atoms with Crippen LogP contribution in [0.1, 0.15) is 40.2 Å². The molecule has 1 unspecified atom stereocenters. The van der Waals surface area contributed by atoms with Crippen LogP contribution in [0.4, 0.5) is 5.69 Å². The first-order valence-corrected chi connectivity index (χ1v) is 8.49. The van der Waals surface area contributed by atoms with E-state index < -0.39 is 6.10 Å². The van der Waals surface area contributed by atoms with Gasteiger partial charge in [0.1, 0.15) is 5.75 Å². The third kappa shape index (κ3) is 4.95. The van der Waals surface area contributed by atoms with Crippen molar-refractivity contribution in [2.75, 3.05) is 5.32 Å². The number of nitrogens with zero attached hydrogens (tertiary/aromatic N) is 1. The standard InChI is InChI=1S/C20H26N2O3/c1-6-22-13-16(9-12-18(22)23)21-19(24)14(2)25-17-10-7-15(8-11-17)20(3,4)5/h7-14H,6H2,1-5H3,(H,21,24). The molecule has 5 nitrogen and oxygen atoms in total. The second-order valence-electron chi connectivity index (χ2n) is 7.07. The second-order valence-corrected chi connectivity index (χ2v) is 7.07. The van der Waals surface area contributed by atoms with E-state index in [0.29, 0.717) is 18.0 Å². The lowest BCUT2D eigenvalue weighted by atomic mass is 9.87. The van der Waals surface area contributed by atoms with E-state index in [1.807, 2.05) is 31.2 Å². The molecule has 0 fully saturated rings. The number of aryl methyl sites for hydroxylation is 1. The number of carbonyl (C=O) groups is 1. The first-order valence-electron chi connectivity index (χ1n) is 8.49. The fourth-order valence-electron chi connectivity index (χ4n) is 2.39. The molecule has 1 heterocycles. The van der Waals surface area contributed by atoms with Crippen molar-refractivity contribution in [2.45, 2.75) is 52.7 Å². The average molecular weight is 342 g/mol. The Morgan fingerprint density at radius 3 is 2.36 bits per heavy atom. The zero-order chi connectivity index (χ0) is 18.6. The number of ether oxygens (including phenoxy) is 1. The van der Waals surface area contributed by atoms with Gasteiger partial charge in [0.15, 0.2) is 6.10 Å². The summed E-state index contributed by atoms with van der Waals surface area (Å²) in [6, 6.07) is 10.8. The molecule has 1 atom stereocenters. The molecule has 5 heteroatoms. The smallest absolute Gasteiger partial charge is 0.265 e. The lowest BCUT2D eigenvalue weighted by molar-refractivity contribution is -0.122. The number of nitrogens with one attached hydrogen (secondary N) is 1. The highest BCUT2D eigenvalue weighted by molar-refractivity contribution is 5.93. The Labute approximate surface area is 148 Å². The summed E-state index contributed by atoms with van der Waals surface area (Å²) in [5.41, 5.74) is 1.76. The molecule has 2 aromatic rings. The number of amides is 1. The van der Waals surface area contributed by atoms with Crippen LogP contribution < -0.4 is 15.6 Å². The van der Waals surface area contributed by atoms with Crippen molar-refractivity contribution in [3.8, 4) is 5.75 Å². The van der Waals surface area contributed by atoms with E-state index in [9.17, 15) is 9.59 Å². The average Bonchev–Trinajstić information content (AvgIpc) is 2.56. The van der Waals surface area contributed by atoms with Crippen molar-refractivity contribution in [1.82, 2.24) is 4.57 Å². The topological polar surface area (TPSA) is 60.3 Å². The number of carbonyl (C=O) groups excluding carboxylic acids is 1. The summed E-state index contributed by atoms with van der Waals surface area (Å²) in [4.78, 5) is 23.9. The zero-order valence-corrected chi connectivity index (χ0v) is 15.5. The van der Waals surface area contributed by atoms with Crippen LogP contribution >= 0.6 is 0 Å². The minimum Gasteiger partial charge on any atom is -0.481 e. The van der Waals surface area contributed by atoms with E-state index >= 15 is 0 Å². The molecule has 0 aliphatic heterocycles. The first kappa shape index (κ1) is 18.8. The van der Waals surface area contributed by atoms with E-state index in [2.05, 4.69) is 26.1 Å². The molecule has 0 radical (unpaired) electrons. The summed E-state index contributed by atoms with van der Waals surface area (Å²) in [6.07, 6.45) is 0.980. The maximum absolute atomic E-state index is 12.3. The molecule has 2 rings (SSSR count). The fraction of sp³-hybridized carbons (Fsp3) is 0.400. The molecule has 1 aromatic carbocycles. The van der Waals surface area contributed by atoms with Crippen molar-refractivity contribution in [3.05, 3.63) is 58.5 Å². The van der Waals surface area contributed by atoms with Gasteiger partial charge in [-0.15, -0.1) is 0 Å². The molecular formula is C20H26N2O3. The molecule has 0 aliphatic rings. The molecule has 25 heavy (non-hydrogen) atoms. The summed E-state index contributed by atoms with van der Waals surface area (Å²) in [5, 5.41) is 2.78. The number of benzene rings is 1. The van der Waals surface area contributed by atoms with Gasteiger partial charge in [0.25, 0.3) is 11.5 Å². The SMILES string of the molecule is CCn1cc(NC(=O)C(C)Oc2ccc(C(C)(C)C)cc2)ccc1=O. The summed E-state index contributed by atoms with van der Waals surface area (Å²) in [5.74, 6) is 0.385. The summed E-state index contributed by atoms with van der Waals surface area (Å²) >= 11 is 0. The van der Waals surface area contributed by atoms with Crippen LogP contribution in [0.2, 0.25) is 0 Å². The van der Waals surface area contributed by atoms with Crippen molar-refractivity contribution in [2.24, 2.45) is 0 Å². The molecule has 0 aliphatic carbocycles. The molecule has 0 bridgehead atoms. The van der Waals surface area contributed by atoms with Gasteiger partial charge >= 0.3 is 0 Å². The molecular weight excluding hydrogens is 316 g/mol. The fourth-order valence-corrected chi connectivity index (χ4v) is 2.39. The normalized spacial score (nSPS) is 12.5. The predicted molar refractivity (Wildman–Crippen MR) is 100 cm³/mol. The highest BCUT2D eigenvalue weighted by Crippen LogP contribution is 2.24. The summed E-state index contributed by atoms with van der Waals surface area (Å²) < 4.78 is 7.25. The van der Waals surface area contributed by atoms with Gasteiger partial charge in [-0.3, -0.25) is 9.59 Å². The van der Waals surface area contributed by atoms with Crippen molar-refractivity contribution >= 4 is 11.6 Å². The van der Waals surface area contributed by atoms with Gasteiger partial charge in [0.05, 0.1) is 5.69 Å². The lowest BCUT2D eigenvalue weighted by Crippen LogP contribution is -2.30. The van der Waals surface area contributed by atoms with Gasteiger partial charge in [-0.2, -0.15) is 0 Å². The molecule has 1 amide bonds. The number of anilines is 1. The minimum atomic E-state index is -0.650. The maximum atomic E-state index is 12.3. The number of pyridine rings is 1. The van der Waals surface area contributed by atoms with Gasteiger partial charge in [0, 0.05) is 18.8 Å². The van der Waals surface area contributed by atoms with E-state index in [0.717, 1.165) is 0 Å². The Morgan fingerprint density at radius 2 is 1.80 bits per heavy atom. The largest absolute Gasteiger partial charge is 0.481 e. The zero-order valence-electron chi connectivity index (χ0n) is 15.5. The highest BCUT2D eigenvalue weighted by atomic mass is 16.5. The molecule has 0 saturated carbocycles. The van der Waals surface area contributed by atoms with Crippen molar-refractivity contribution in [1.29, 1.82) is 0 Å².